The number of nitrogens with zero attached hydrogens (tertiary/aromatic N) is 1. The van der Waals surface area contributed by atoms with Gasteiger partial charge in [-0.3, -0.25) is 4.79 Å². The summed E-state index contributed by atoms with van der Waals surface area (Å²) < 4.78 is 11.0. The third-order valence-corrected chi connectivity index (χ3v) is 5.83. The van der Waals surface area contributed by atoms with Crippen LogP contribution in [0.1, 0.15) is 38.7 Å². The summed E-state index contributed by atoms with van der Waals surface area (Å²) in [5.41, 5.74) is 4.94. The molecule has 0 saturated heterocycles. The number of amides is 1. The highest BCUT2D eigenvalue weighted by atomic mass is 35.5. The Morgan fingerprint density at radius 1 is 1.00 bits per heavy atom. The van der Waals surface area contributed by atoms with Crippen LogP contribution in [0, 0.1) is 6.92 Å². The van der Waals surface area contributed by atoms with E-state index in [1.54, 1.807) is 14.2 Å². The minimum Gasteiger partial charge on any atom is -0.493 e. The Hall–Kier alpha value is -2.98. The molecule has 0 aromatic heterocycles. The number of aryl methyl sites for hydroxylation is 1. The SMILES string of the molecule is COc1cc2c(cc1OC)[C@H](c1cccc(Cl)c1)N(C(=O)c1ccc(C)cc1)CC2. The van der Waals surface area contributed by atoms with E-state index < -0.39 is 0 Å². The largest absolute Gasteiger partial charge is 0.493 e. The van der Waals surface area contributed by atoms with Crippen LogP contribution in [0.25, 0.3) is 0 Å². The fraction of sp³-hybridized carbons (Fsp3) is 0.240. The number of benzene rings is 3. The first-order valence-corrected chi connectivity index (χ1v) is 10.3. The lowest BCUT2D eigenvalue weighted by Crippen LogP contribution is -2.40. The first-order valence-electron chi connectivity index (χ1n) is 9.89. The highest BCUT2D eigenvalue weighted by molar-refractivity contribution is 6.30. The summed E-state index contributed by atoms with van der Waals surface area (Å²) in [4.78, 5) is 15.4. The zero-order valence-electron chi connectivity index (χ0n) is 17.3. The van der Waals surface area contributed by atoms with E-state index in [-0.39, 0.29) is 11.9 Å². The number of hydrogen-bond donors (Lipinski definition) is 0. The maximum atomic E-state index is 13.5. The lowest BCUT2D eigenvalue weighted by Gasteiger charge is -2.38. The first kappa shape index (κ1) is 20.3. The molecule has 3 aromatic carbocycles. The number of fused-ring (bicyclic) bond motifs is 1. The van der Waals surface area contributed by atoms with E-state index in [4.69, 9.17) is 21.1 Å². The van der Waals surface area contributed by atoms with Crippen molar-refractivity contribution in [3.05, 3.63) is 93.5 Å². The Morgan fingerprint density at radius 3 is 2.37 bits per heavy atom. The van der Waals surface area contributed by atoms with Crippen LogP contribution in [0.4, 0.5) is 0 Å². The van der Waals surface area contributed by atoms with Crippen molar-refractivity contribution in [2.75, 3.05) is 20.8 Å². The van der Waals surface area contributed by atoms with Gasteiger partial charge in [-0.15, -0.1) is 0 Å². The Labute approximate surface area is 182 Å². The summed E-state index contributed by atoms with van der Waals surface area (Å²) in [5, 5.41) is 0.642. The third kappa shape index (κ3) is 3.75. The molecule has 0 fully saturated rings. The van der Waals surface area contributed by atoms with E-state index in [1.807, 2.05) is 72.5 Å². The van der Waals surface area contributed by atoms with E-state index in [0.29, 0.717) is 28.6 Å². The Balaban J connectivity index is 1.85. The molecule has 4 nitrogen and oxygen atoms in total. The van der Waals surface area contributed by atoms with Gasteiger partial charge in [-0.05, 0) is 66.4 Å². The minimum absolute atomic E-state index is 0.000380. The number of carbonyl (C=O) groups excluding carboxylic acids is 1. The molecule has 0 N–H and O–H groups in total. The quantitative estimate of drug-likeness (QED) is 0.562. The van der Waals surface area contributed by atoms with Gasteiger partial charge in [-0.25, -0.2) is 0 Å². The highest BCUT2D eigenvalue weighted by Crippen LogP contribution is 2.41. The lowest BCUT2D eigenvalue weighted by atomic mass is 9.87. The summed E-state index contributed by atoms with van der Waals surface area (Å²) in [6.45, 7) is 2.62. The molecule has 1 aliphatic heterocycles. The molecule has 4 rings (SSSR count). The Morgan fingerprint density at radius 2 is 1.70 bits per heavy atom. The van der Waals surface area contributed by atoms with Crippen LogP contribution in [0.15, 0.2) is 60.7 Å². The number of methoxy groups -OCH3 is 2. The fourth-order valence-corrected chi connectivity index (χ4v) is 4.26. The van der Waals surface area contributed by atoms with Crippen molar-refractivity contribution in [2.24, 2.45) is 0 Å². The molecule has 154 valence electrons. The molecule has 1 atom stereocenters. The minimum atomic E-state index is -0.263. The predicted molar refractivity (Wildman–Crippen MR) is 119 cm³/mol. The summed E-state index contributed by atoms with van der Waals surface area (Å²) in [6.07, 6.45) is 0.740. The van der Waals surface area contributed by atoms with E-state index >= 15 is 0 Å². The molecule has 0 radical (unpaired) electrons. The monoisotopic (exact) mass is 421 g/mol. The maximum absolute atomic E-state index is 13.5. The molecule has 0 spiro atoms. The van der Waals surface area contributed by atoms with Crippen LogP contribution >= 0.6 is 11.6 Å². The fourth-order valence-electron chi connectivity index (χ4n) is 4.06. The molecule has 1 amide bonds. The van der Waals surface area contributed by atoms with E-state index in [2.05, 4.69) is 0 Å². The second-order valence-electron chi connectivity index (χ2n) is 7.48. The summed E-state index contributed by atoms with van der Waals surface area (Å²) >= 11 is 6.31. The molecule has 0 saturated carbocycles. The van der Waals surface area contributed by atoms with Gasteiger partial charge in [-0.1, -0.05) is 41.4 Å². The number of ether oxygens (including phenoxy) is 2. The van der Waals surface area contributed by atoms with Crippen molar-refractivity contribution in [2.45, 2.75) is 19.4 Å². The first-order chi connectivity index (χ1) is 14.5. The van der Waals surface area contributed by atoms with E-state index in [9.17, 15) is 4.79 Å². The van der Waals surface area contributed by atoms with E-state index in [0.717, 1.165) is 28.7 Å². The summed E-state index contributed by atoms with van der Waals surface area (Å²) in [7, 11) is 3.26. The maximum Gasteiger partial charge on any atom is 0.254 e. The second kappa shape index (κ2) is 8.41. The van der Waals surface area contributed by atoms with Crippen molar-refractivity contribution in [1.82, 2.24) is 4.90 Å². The molecule has 30 heavy (non-hydrogen) atoms. The number of rotatable bonds is 4. The average molecular weight is 422 g/mol. The Kier molecular flexibility index (Phi) is 5.69. The van der Waals surface area contributed by atoms with Gasteiger partial charge in [0.25, 0.3) is 5.91 Å². The lowest BCUT2D eigenvalue weighted by molar-refractivity contribution is 0.0694. The van der Waals surface area contributed by atoms with Gasteiger partial charge in [0.1, 0.15) is 0 Å². The van der Waals surface area contributed by atoms with E-state index in [1.165, 1.54) is 0 Å². The number of carbonyl (C=O) groups is 1. The van der Waals surface area contributed by atoms with Crippen LogP contribution in [0.5, 0.6) is 11.5 Å². The Bertz CT molecular complexity index is 1080. The summed E-state index contributed by atoms with van der Waals surface area (Å²) in [6, 6.07) is 19.1. The standard InChI is InChI=1S/C25H24ClNO3/c1-16-7-9-17(10-8-16)25(28)27-12-11-18-14-22(29-2)23(30-3)15-21(18)24(27)19-5-4-6-20(26)13-19/h4-10,13-15,24H,11-12H2,1-3H3/t24-/m0/s1. The van der Waals surface area contributed by atoms with Crippen molar-refractivity contribution in [3.63, 3.8) is 0 Å². The third-order valence-electron chi connectivity index (χ3n) is 5.60. The van der Waals surface area contributed by atoms with Gasteiger partial charge in [0.15, 0.2) is 11.5 Å². The van der Waals surface area contributed by atoms with Crippen molar-refractivity contribution in [3.8, 4) is 11.5 Å². The molecule has 0 aliphatic carbocycles. The highest BCUT2D eigenvalue weighted by Gasteiger charge is 2.34. The van der Waals surface area contributed by atoms with Crippen molar-refractivity contribution >= 4 is 17.5 Å². The van der Waals surface area contributed by atoms with Gasteiger partial charge >= 0.3 is 0 Å². The summed E-state index contributed by atoms with van der Waals surface area (Å²) in [5.74, 6) is 1.34. The molecule has 0 unspecified atom stereocenters. The van der Waals surface area contributed by atoms with Gasteiger partial charge in [-0.2, -0.15) is 0 Å². The number of hydrogen-bond acceptors (Lipinski definition) is 3. The van der Waals surface area contributed by atoms with Gasteiger partial charge in [0.05, 0.1) is 20.3 Å². The average Bonchev–Trinajstić information content (AvgIpc) is 2.77. The smallest absolute Gasteiger partial charge is 0.254 e. The normalized spacial score (nSPS) is 15.5. The van der Waals surface area contributed by atoms with Gasteiger partial charge in [0, 0.05) is 17.1 Å². The predicted octanol–water partition coefficient (Wildman–Crippen LogP) is 5.45. The van der Waals surface area contributed by atoms with Gasteiger partial charge < -0.3 is 14.4 Å². The van der Waals surface area contributed by atoms with Crippen LogP contribution in [0.2, 0.25) is 5.02 Å². The van der Waals surface area contributed by atoms with Crippen LogP contribution < -0.4 is 9.47 Å². The van der Waals surface area contributed by atoms with Crippen LogP contribution in [-0.4, -0.2) is 31.6 Å². The van der Waals surface area contributed by atoms with Crippen LogP contribution in [0.3, 0.4) is 0 Å². The van der Waals surface area contributed by atoms with Crippen LogP contribution in [-0.2, 0) is 6.42 Å². The molecule has 1 heterocycles. The van der Waals surface area contributed by atoms with Crippen molar-refractivity contribution in [1.29, 1.82) is 0 Å². The molecule has 3 aromatic rings. The molecule has 5 heteroatoms. The molecular weight excluding hydrogens is 398 g/mol. The molecule has 1 aliphatic rings. The zero-order chi connectivity index (χ0) is 21.3. The second-order valence-corrected chi connectivity index (χ2v) is 7.91. The molecular formula is C25H24ClNO3. The number of halogens is 1. The topological polar surface area (TPSA) is 38.8 Å². The molecule has 0 bridgehead atoms. The van der Waals surface area contributed by atoms with Crippen molar-refractivity contribution < 1.29 is 14.3 Å². The zero-order valence-corrected chi connectivity index (χ0v) is 18.1. The van der Waals surface area contributed by atoms with Gasteiger partial charge in [0.2, 0.25) is 0 Å².